The van der Waals surface area contributed by atoms with Gasteiger partial charge in [0.05, 0.1) is 24.2 Å². The average Bonchev–Trinajstić information content (AvgIpc) is 3.29. The maximum atomic E-state index is 13.7. The minimum Gasteiger partial charge on any atom is -0.330 e. The lowest BCUT2D eigenvalue weighted by atomic mass is 10.1. The zero-order valence-electron chi connectivity index (χ0n) is 16.6. The standard InChI is InChI=1S/C17H12F10N4O2S/c1-2-34(32,33)13-12(29-11-4-3-9(5-31(11)13)15(20,21)22)10-6-30(8-28-10)7-14(18,19)16(23,24)17(25,26)27/h3-6,8H,2,7H2,1H3. The Hall–Kier alpha value is -2.85. The molecule has 0 amide bonds. The highest BCUT2D eigenvalue weighted by molar-refractivity contribution is 7.91. The number of pyridine rings is 1. The molecule has 0 saturated carbocycles. The van der Waals surface area contributed by atoms with Crippen molar-refractivity contribution < 1.29 is 52.3 Å². The second kappa shape index (κ2) is 7.84. The van der Waals surface area contributed by atoms with Gasteiger partial charge in [-0.05, 0) is 12.1 Å². The van der Waals surface area contributed by atoms with Gasteiger partial charge >= 0.3 is 24.2 Å². The van der Waals surface area contributed by atoms with E-state index in [1.54, 1.807) is 0 Å². The summed E-state index contributed by atoms with van der Waals surface area (Å²) in [4.78, 5) is 7.37. The van der Waals surface area contributed by atoms with E-state index in [2.05, 4.69) is 9.97 Å². The van der Waals surface area contributed by atoms with Gasteiger partial charge in [0.1, 0.15) is 17.0 Å². The predicted octanol–water partition coefficient (Wildman–Crippen LogP) is 4.84. The van der Waals surface area contributed by atoms with E-state index in [0.29, 0.717) is 29.2 Å². The molecule has 0 aliphatic rings. The monoisotopic (exact) mass is 526 g/mol. The van der Waals surface area contributed by atoms with E-state index in [4.69, 9.17) is 0 Å². The molecule has 17 heteroatoms. The Labute approximate surface area is 183 Å². The molecule has 0 N–H and O–H groups in total. The third-order valence-electron chi connectivity index (χ3n) is 4.65. The number of fused-ring (bicyclic) bond motifs is 1. The minimum absolute atomic E-state index is 0.155. The van der Waals surface area contributed by atoms with Crippen molar-refractivity contribution in [2.75, 3.05) is 5.75 Å². The number of alkyl halides is 10. The van der Waals surface area contributed by atoms with E-state index >= 15 is 0 Å². The summed E-state index contributed by atoms with van der Waals surface area (Å²) < 4.78 is 156. The van der Waals surface area contributed by atoms with Crippen molar-refractivity contribution in [2.24, 2.45) is 0 Å². The first-order valence-corrected chi connectivity index (χ1v) is 10.6. The lowest BCUT2D eigenvalue weighted by Gasteiger charge is -2.28. The molecule has 0 aliphatic carbocycles. The summed E-state index contributed by atoms with van der Waals surface area (Å²) in [6.07, 6.45) is -10.0. The Morgan fingerprint density at radius 3 is 2.09 bits per heavy atom. The van der Waals surface area contributed by atoms with Crippen LogP contribution < -0.4 is 0 Å². The first-order chi connectivity index (χ1) is 15.3. The van der Waals surface area contributed by atoms with Crippen molar-refractivity contribution >= 4 is 15.5 Å². The number of halogens is 10. The molecule has 6 nitrogen and oxygen atoms in total. The molecule has 34 heavy (non-hydrogen) atoms. The first kappa shape index (κ1) is 25.8. The van der Waals surface area contributed by atoms with Crippen LogP contribution >= 0.6 is 0 Å². The smallest absolute Gasteiger partial charge is 0.330 e. The van der Waals surface area contributed by atoms with E-state index in [0.717, 1.165) is 13.0 Å². The van der Waals surface area contributed by atoms with E-state index in [1.165, 1.54) is 0 Å². The van der Waals surface area contributed by atoms with Gasteiger partial charge in [0.2, 0.25) is 0 Å². The summed E-state index contributed by atoms with van der Waals surface area (Å²) in [5, 5.41) is -0.797. The van der Waals surface area contributed by atoms with Crippen LogP contribution in [0, 0.1) is 0 Å². The van der Waals surface area contributed by atoms with Crippen LogP contribution in [0.3, 0.4) is 0 Å². The molecule has 0 spiro atoms. The molecule has 3 heterocycles. The van der Waals surface area contributed by atoms with Crippen molar-refractivity contribution in [1.82, 2.24) is 18.9 Å². The van der Waals surface area contributed by atoms with Crippen LogP contribution in [0.4, 0.5) is 43.9 Å². The van der Waals surface area contributed by atoms with E-state index in [1.807, 2.05) is 0 Å². The molecule has 0 unspecified atom stereocenters. The van der Waals surface area contributed by atoms with E-state index in [9.17, 15) is 52.3 Å². The number of hydrogen-bond donors (Lipinski definition) is 0. The van der Waals surface area contributed by atoms with E-state index < -0.39 is 68.3 Å². The summed E-state index contributed by atoms with van der Waals surface area (Å²) in [7, 11) is -4.32. The fraction of sp³-hybridized carbons (Fsp3) is 0.412. The van der Waals surface area contributed by atoms with Gasteiger partial charge < -0.3 is 4.57 Å². The largest absolute Gasteiger partial charge is 0.459 e. The molecule has 0 aliphatic heterocycles. The zero-order valence-corrected chi connectivity index (χ0v) is 17.4. The topological polar surface area (TPSA) is 69.3 Å². The molecule has 0 atom stereocenters. The lowest BCUT2D eigenvalue weighted by Crippen LogP contribution is -2.53. The van der Waals surface area contributed by atoms with Gasteiger partial charge in [0.25, 0.3) is 0 Å². The molecule has 3 aromatic heterocycles. The van der Waals surface area contributed by atoms with Crippen LogP contribution in [0.25, 0.3) is 17.0 Å². The Bertz CT molecular complexity index is 1320. The van der Waals surface area contributed by atoms with Gasteiger partial charge in [-0.2, -0.15) is 43.9 Å². The Balaban J connectivity index is 2.13. The number of aromatic nitrogens is 4. The van der Waals surface area contributed by atoms with Crippen molar-refractivity contribution in [2.45, 2.75) is 42.7 Å². The highest BCUT2D eigenvalue weighted by atomic mass is 32.2. The molecule has 3 rings (SSSR count). The number of nitrogens with zero attached hydrogens (tertiary/aromatic N) is 4. The SMILES string of the molecule is CCS(=O)(=O)c1c(-c2cn(CC(F)(F)C(F)(F)C(F)(F)F)cn2)nc2ccc(C(F)(F)F)cn12. The number of hydrogen-bond acceptors (Lipinski definition) is 4. The molecule has 0 aromatic carbocycles. The van der Waals surface area contributed by atoms with Crippen molar-refractivity contribution in [3.63, 3.8) is 0 Å². The van der Waals surface area contributed by atoms with Gasteiger partial charge in [0, 0.05) is 12.4 Å². The Kier molecular flexibility index (Phi) is 5.94. The van der Waals surface area contributed by atoms with Crippen LogP contribution in [0.2, 0.25) is 0 Å². The lowest BCUT2D eigenvalue weighted by molar-refractivity contribution is -0.357. The normalized spacial score (nSPS) is 14.2. The van der Waals surface area contributed by atoms with Crippen molar-refractivity contribution in [1.29, 1.82) is 0 Å². The van der Waals surface area contributed by atoms with Crippen molar-refractivity contribution in [3.05, 3.63) is 36.4 Å². The third kappa shape index (κ3) is 4.32. The minimum atomic E-state index is -6.56. The summed E-state index contributed by atoms with van der Waals surface area (Å²) in [5.74, 6) is -12.6. The highest BCUT2D eigenvalue weighted by Crippen LogP contribution is 2.47. The molecule has 0 fully saturated rings. The molecule has 3 aromatic rings. The summed E-state index contributed by atoms with van der Waals surface area (Å²) in [6.45, 7) is -1.03. The molecule has 0 bridgehead atoms. The quantitative estimate of drug-likeness (QED) is 0.431. The van der Waals surface area contributed by atoms with Crippen molar-refractivity contribution in [3.8, 4) is 11.4 Å². The number of sulfone groups is 1. The number of rotatable bonds is 6. The fourth-order valence-corrected chi connectivity index (χ4v) is 4.06. The summed E-state index contributed by atoms with van der Waals surface area (Å²) >= 11 is 0. The predicted molar refractivity (Wildman–Crippen MR) is 95.1 cm³/mol. The van der Waals surface area contributed by atoms with Crippen LogP contribution in [0.15, 0.2) is 35.9 Å². The molecule has 0 radical (unpaired) electrons. The third-order valence-corrected chi connectivity index (χ3v) is 6.39. The highest BCUT2D eigenvalue weighted by Gasteiger charge is 2.72. The van der Waals surface area contributed by atoms with Gasteiger partial charge in [-0.1, -0.05) is 6.92 Å². The fourth-order valence-electron chi connectivity index (χ4n) is 2.90. The molecular formula is C17H12F10N4O2S. The Morgan fingerprint density at radius 1 is 0.941 bits per heavy atom. The van der Waals surface area contributed by atoms with Gasteiger partial charge in [-0.15, -0.1) is 0 Å². The molecule has 188 valence electrons. The van der Waals surface area contributed by atoms with Crippen LogP contribution in [0.5, 0.6) is 0 Å². The average molecular weight is 526 g/mol. The van der Waals surface area contributed by atoms with Crippen LogP contribution in [-0.2, 0) is 22.6 Å². The second-order valence-electron chi connectivity index (χ2n) is 7.02. The summed E-state index contributed by atoms with van der Waals surface area (Å²) in [6, 6.07) is 1.43. The second-order valence-corrected chi connectivity index (χ2v) is 9.21. The zero-order chi connectivity index (χ0) is 25.9. The van der Waals surface area contributed by atoms with Gasteiger partial charge in [-0.25, -0.2) is 18.4 Å². The maximum Gasteiger partial charge on any atom is 0.459 e. The van der Waals surface area contributed by atoms with Gasteiger partial charge in [-0.3, -0.25) is 4.40 Å². The van der Waals surface area contributed by atoms with Gasteiger partial charge in [0.15, 0.2) is 14.9 Å². The molecular weight excluding hydrogens is 514 g/mol. The van der Waals surface area contributed by atoms with Crippen LogP contribution in [-0.4, -0.2) is 51.1 Å². The first-order valence-electron chi connectivity index (χ1n) is 8.98. The summed E-state index contributed by atoms with van der Waals surface area (Å²) in [5.41, 5.74) is -2.71. The number of imidazole rings is 2. The molecule has 0 saturated heterocycles. The maximum absolute atomic E-state index is 13.7. The van der Waals surface area contributed by atoms with Crippen LogP contribution in [0.1, 0.15) is 12.5 Å². The van der Waals surface area contributed by atoms with E-state index in [-0.39, 0.29) is 10.2 Å². The Morgan fingerprint density at radius 2 is 1.56 bits per heavy atom.